The molecule has 1 aliphatic rings. The first kappa shape index (κ1) is 22.5. The van der Waals surface area contributed by atoms with Crippen molar-refractivity contribution in [2.75, 3.05) is 26.4 Å². The summed E-state index contributed by atoms with van der Waals surface area (Å²) in [5, 5.41) is 0. The first-order valence-electron chi connectivity index (χ1n) is 11.2. The van der Waals surface area contributed by atoms with Gasteiger partial charge in [0.1, 0.15) is 13.2 Å². The number of ether oxygens (including phenoxy) is 2. The summed E-state index contributed by atoms with van der Waals surface area (Å²) in [6.07, 6.45) is 22.5. The van der Waals surface area contributed by atoms with E-state index in [1.807, 2.05) is 0 Å². The average molecular weight is 354 g/mol. The molecule has 0 aromatic heterocycles. The molecular formula is C22H43NO2. The van der Waals surface area contributed by atoms with Crippen molar-refractivity contribution in [3.8, 4) is 0 Å². The molecule has 25 heavy (non-hydrogen) atoms. The van der Waals surface area contributed by atoms with Crippen LogP contribution >= 0.6 is 0 Å². The van der Waals surface area contributed by atoms with Gasteiger partial charge in [0, 0.05) is 6.61 Å². The minimum Gasteiger partial charge on any atom is -0.477 e. The molecule has 0 N–H and O–H groups in total. The third kappa shape index (κ3) is 15.4. The molecule has 0 aromatic rings. The highest BCUT2D eigenvalue weighted by molar-refractivity contribution is 5.78. The van der Waals surface area contributed by atoms with E-state index in [2.05, 4.69) is 11.9 Å². The lowest BCUT2D eigenvalue weighted by atomic mass is 10.0. The van der Waals surface area contributed by atoms with Gasteiger partial charge in [0.05, 0.1) is 6.54 Å². The fourth-order valence-corrected chi connectivity index (χ4v) is 3.38. The monoisotopic (exact) mass is 353 g/mol. The van der Waals surface area contributed by atoms with E-state index in [0.717, 1.165) is 25.7 Å². The Balaban J connectivity index is 1.64. The predicted octanol–water partition coefficient (Wildman–Crippen LogP) is 6.69. The minimum absolute atomic E-state index is 0.568. The van der Waals surface area contributed by atoms with E-state index in [1.54, 1.807) is 0 Å². The van der Waals surface area contributed by atoms with Crippen LogP contribution in [-0.2, 0) is 9.47 Å². The van der Waals surface area contributed by atoms with Crippen LogP contribution in [0.15, 0.2) is 4.99 Å². The number of nitrogens with zero attached hydrogens (tertiary/aromatic N) is 1. The van der Waals surface area contributed by atoms with Gasteiger partial charge in [0.2, 0.25) is 5.90 Å². The van der Waals surface area contributed by atoms with E-state index in [1.165, 1.54) is 103 Å². The van der Waals surface area contributed by atoms with Crippen LogP contribution in [0.1, 0.15) is 110 Å². The Morgan fingerprint density at radius 2 is 1.20 bits per heavy atom. The number of hydrogen-bond acceptors (Lipinski definition) is 3. The zero-order valence-electron chi connectivity index (χ0n) is 16.9. The summed E-state index contributed by atoms with van der Waals surface area (Å²) in [5.41, 5.74) is 0. The van der Waals surface area contributed by atoms with Crippen molar-refractivity contribution in [3.63, 3.8) is 0 Å². The van der Waals surface area contributed by atoms with Crippen molar-refractivity contribution in [1.29, 1.82) is 0 Å². The van der Waals surface area contributed by atoms with Crippen LogP contribution < -0.4 is 0 Å². The van der Waals surface area contributed by atoms with E-state index in [0.29, 0.717) is 6.61 Å². The third-order valence-electron chi connectivity index (χ3n) is 5.02. The maximum absolute atomic E-state index is 5.58. The number of rotatable bonds is 19. The number of hydrogen-bond donors (Lipinski definition) is 0. The van der Waals surface area contributed by atoms with E-state index >= 15 is 0 Å². The summed E-state index contributed by atoms with van der Waals surface area (Å²) >= 11 is 0. The second-order valence-corrected chi connectivity index (χ2v) is 7.48. The fraction of sp³-hybridized carbons (Fsp3) is 0.955. The lowest BCUT2D eigenvalue weighted by Gasteiger charge is -2.05. The Bertz CT molecular complexity index is 304. The van der Waals surface area contributed by atoms with Crippen LogP contribution in [0.3, 0.4) is 0 Å². The van der Waals surface area contributed by atoms with Crippen LogP contribution in [0.2, 0.25) is 0 Å². The SMILES string of the molecule is CCCCCCCCCCCCCCCCCCOCC1=NCCO1. The standard InChI is InChI=1S/C22H43NO2/c1-2-3-4-5-6-7-8-9-10-11-12-13-14-15-16-17-19-24-21-22-23-18-20-25-22/h2-21H2,1H3. The van der Waals surface area contributed by atoms with Gasteiger partial charge in [0.25, 0.3) is 0 Å². The van der Waals surface area contributed by atoms with Crippen LogP contribution in [0.25, 0.3) is 0 Å². The average Bonchev–Trinajstić information content (AvgIpc) is 3.14. The molecule has 0 bridgehead atoms. The Kier molecular flexibility index (Phi) is 16.4. The Hall–Kier alpha value is -0.570. The summed E-state index contributed by atoms with van der Waals surface area (Å²) in [6, 6.07) is 0. The largest absolute Gasteiger partial charge is 0.477 e. The second kappa shape index (κ2) is 18.2. The topological polar surface area (TPSA) is 30.8 Å². The first-order chi connectivity index (χ1) is 12.4. The molecule has 3 nitrogen and oxygen atoms in total. The van der Waals surface area contributed by atoms with E-state index in [9.17, 15) is 0 Å². The Morgan fingerprint density at radius 1 is 0.720 bits per heavy atom. The molecule has 1 aliphatic heterocycles. The molecule has 0 aliphatic carbocycles. The van der Waals surface area contributed by atoms with Gasteiger partial charge < -0.3 is 9.47 Å². The molecule has 0 unspecified atom stereocenters. The van der Waals surface area contributed by atoms with Gasteiger partial charge in [0.15, 0.2) is 0 Å². The van der Waals surface area contributed by atoms with Gasteiger partial charge in [-0.05, 0) is 6.42 Å². The summed E-state index contributed by atoms with van der Waals surface area (Å²) in [5.74, 6) is 0.788. The van der Waals surface area contributed by atoms with Crippen LogP contribution in [0, 0.1) is 0 Å². The molecule has 0 amide bonds. The molecule has 1 rings (SSSR count). The van der Waals surface area contributed by atoms with Crippen molar-refractivity contribution in [2.45, 2.75) is 110 Å². The molecule has 0 atom stereocenters. The first-order valence-corrected chi connectivity index (χ1v) is 11.2. The van der Waals surface area contributed by atoms with Crippen molar-refractivity contribution in [2.24, 2.45) is 4.99 Å². The second-order valence-electron chi connectivity index (χ2n) is 7.48. The zero-order chi connectivity index (χ0) is 17.8. The third-order valence-corrected chi connectivity index (χ3v) is 5.02. The molecule has 1 heterocycles. The fourth-order valence-electron chi connectivity index (χ4n) is 3.38. The summed E-state index contributed by atoms with van der Waals surface area (Å²) < 4.78 is 10.9. The van der Waals surface area contributed by atoms with Crippen molar-refractivity contribution < 1.29 is 9.47 Å². The Morgan fingerprint density at radius 3 is 1.64 bits per heavy atom. The van der Waals surface area contributed by atoms with Gasteiger partial charge in [-0.25, -0.2) is 0 Å². The predicted molar refractivity (Wildman–Crippen MR) is 109 cm³/mol. The van der Waals surface area contributed by atoms with Crippen LogP contribution in [0.4, 0.5) is 0 Å². The normalized spacial score (nSPS) is 13.9. The van der Waals surface area contributed by atoms with Crippen molar-refractivity contribution in [1.82, 2.24) is 0 Å². The lowest BCUT2D eigenvalue weighted by Crippen LogP contribution is -2.09. The van der Waals surface area contributed by atoms with Crippen molar-refractivity contribution >= 4 is 5.90 Å². The smallest absolute Gasteiger partial charge is 0.210 e. The number of unbranched alkanes of at least 4 members (excludes halogenated alkanes) is 15. The van der Waals surface area contributed by atoms with E-state index in [4.69, 9.17) is 9.47 Å². The summed E-state index contributed by atoms with van der Waals surface area (Å²) in [6.45, 7) is 5.24. The summed E-state index contributed by atoms with van der Waals surface area (Å²) in [7, 11) is 0. The molecule has 0 fully saturated rings. The molecule has 0 saturated heterocycles. The highest BCUT2D eigenvalue weighted by Gasteiger charge is 2.06. The van der Waals surface area contributed by atoms with Gasteiger partial charge in [-0.3, -0.25) is 4.99 Å². The minimum atomic E-state index is 0.568. The molecule has 0 aromatic carbocycles. The Labute approximate surface area is 157 Å². The van der Waals surface area contributed by atoms with Gasteiger partial charge in [-0.2, -0.15) is 0 Å². The molecule has 3 heteroatoms. The molecule has 0 spiro atoms. The van der Waals surface area contributed by atoms with Gasteiger partial charge in [-0.15, -0.1) is 0 Å². The van der Waals surface area contributed by atoms with Crippen LogP contribution in [-0.4, -0.2) is 32.3 Å². The molecule has 148 valence electrons. The molecular weight excluding hydrogens is 310 g/mol. The van der Waals surface area contributed by atoms with E-state index < -0.39 is 0 Å². The van der Waals surface area contributed by atoms with Crippen LogP contribution in [0.5, 0.6) is 0 Å². The van der Waals surface area contributed by atoms with Gasteiger partial charge in [-0.1, -0.05) is 103 Å². The summed E-state index contributed by atoms with van der Waals surface area (Å²) in [4.78, 5) is 4.22. The quantitative estimate of drug-likeness (QED) is 0.242. The number of aliphatic imine (C=N–C) groups is 1. The lowest BCUT2D eigenvalue weighted by molar-refractivity contribution is 0.150. The molecule has 0 saturated carbocycles. The highest BCUT2D eigenvalue weighted by Crippen LogP contribution is 2.13. The maximum Gasteiger partial charge on any atom is 0.210 e. The van der Waals surface area contributed by atoms with Gasteiger partial charge >= 0.3 is 0 Å². The van der Waals surface area contributed by atoms with E-state index in [-0.39, 0.29) is 0 Å². The zero-order valence-corrected chi connectivity index (χ0v) is 16.9. The highest BCUT2D eigenvalue weighted by atomic mass is 16.5. The van der Waals surface area contributed by atoms with Crippen molar-refractivity contribution in [3.05, 3.63) is 0 Å². The maximum atomic E-state index is 5.58. The molecule has 0 radical (unpaired) electrons.